The number of carbonyl (C=O) groups excluding carboxylic acids is 1. The largest absolute Gasteiger partial charge is 0.497 e. The molecule has 0 amide bonds. The number of ether oxygens (including phenoxy) is 3. The van der Waals surface area contributed by atoms with Crippen LogP contribution in [0.2, 0.25) is 0 Å². The van der Waals surface area contributed by atoms with Crippen molar-refractivity contribution in [2.24, 2.45) is 0 Å². The lowest BCUT2D eigenvalue weighted by molar-refractivity contribution is 0.0463. The number of carbonyl (C=O) groups is 1. The molecular weight excluding hydrogens is 318 g/mol. The number of benzene rings is 2. The van der Waals surface area contributed by atoms with Crippen molar-refractivity contribution in [2.75, 3.05) is 20.2 Å². The third kappa shape index (κ3) is 4.73. The summed E-state index contributed by atoms with van der Waals surface area (Å²) in [6.07, 6.45) is 1.92. The zero-order valence-electron chi connectivity index (χ0n) is 14.4. The molecule has 25 heavy (non-hydrogen) atoms. The Bertz CT molecular complexity index is 696. The van der Waals surface area contributed by atoms with E-state index in [0.29, 0.717) is 17.1 Å². The Balaban J connectivity index is 1.73. The van der Waals surface area contributed by atoms with E-state index in [0.717, 1.165) is 31.5 Å². The van der Waals surface area contributed by atoms with E-state index >= 15 is 0 Å². The van der Waals surface area contributed by atoms with E-state index in [4.69, 9.17) is 14.2 Å². The second-order valence-corrected chi connectivity index (χ2v) is 5.99. The van der Waals surface area contributed by atoms with Crippen molar-refractivity contribution in [2.45, 2.75) is 25.6 Å². The number of esters is 1. The lowest BCUT2D eigenvalue weighted by Gasteiger charge is -2.25. The number of methoxy groups -OCH3 is 1. The maximum atomic E-state index is 12.5. The summed E-state index contributed by atoms with van der Waals surface area (Å²) in [5, 5.41) is 3.30. The molecular formula is C20H23NO4. The Labute approximate surface area is 147 Å². The van der Waals surface area contributed by atoms with Crippen LogP contribution < -0.4 is 14.8 Å². The topological polar surface area (TPSA) is 56.8 Å². The van der Waals surface area contributed by atoms with Crippen molar-refractivity contribution in [3.05, 3.63) is 59.7 Å². The average molecular weight is 341 g/mol. The quantitative estimate of drug-likeness (QED) is 0.818. The number of nitrogens with one attached hydrogen (secondary N) is 1. The van der Waals surface area contributed by atoms with Crippen molar-refractivity contribution < 1.29 is 19.0 Å². The fourth-order valence-corrected chi connectivity index (χ4v) is 2.79. The molecule has 0 spiro atoms. The molecule has 1 heterocycles. The first-order valence-corrected chi connectivity index (χ1v) is 8.52. The molecule has 1 fully saturated rings. The van der Waals surface area contributed by atoms with Crippen molar-refractivity contribution in [3.8, 4) is 11.5 Å². The second-order valence-electron chi connectivity index (χ2n) is 5.99. The van der Waals surface area contributed by atoms with Crippen LogP contribution in [-0.2, 0) is 11.3 Å². The maximum Gasteiger partial charge on any atom is 0.342 e. The van der Waals surface area contributed by atoms with Crippen LogP contribution in [0.15, 0.2) is 48.5 Å². The van der Waals surface area contributed by atoms with Crippen LogP contribution in [0.1, 0.15) is 28.8 Å². The van der Waals surface area contributed by atoms with E-state index in [2.05, 4.69) is 5.32 Å². The first kappa shape index (κ1) is 17.3. The van der Waals surface area contributed by atoms with Crippen LogP contribution in [0.25, 0.3) is 0 Å². The first-order valence-electron chi connectivity index (χ1n) is 8.52. The molecule has 5 nitrogen and oxygen atoms in total. The van der Waals surface area contributed by atoms with Gasteiger partial charge >= 0.3 is 5.97 Å². The van der Waals surface area contributed by atoms with E-state index in [-0.39, 0.29) is 12.7 Å². The highest BCUT2D eigenvalue weighted by Crippen LogP contribution is 2.28. The van der Waals surface area contributed by atoms with Gasteiger partial charge in [0, 0.05) is 6.07 Å². The van der Waals surface area contributed by atoms with E-state index in [1.165, 1.54) is 0 Å². The smallest absolute Gasteiger partial charge is 0.342 e. The summed E-state index contributed by atoms with van der Waals surface area (Å²) in [5.41, 5.74) is 1.38. The van der Waals surface area contributed by atoms with Crippen LogP contribution in [0.3, 0.4) is 0 Å². The van der Waals surface area contributed by atoms with Gasteiger partial charge < -0.3 is 19.5 Å². The molecule has 1 aliphatic heterocycles. The fourth-order valence-electron chi connectivity index (χ4n) is 2.79. The van der Waals surface area contributed by atoms with Gasteiger partial charge in [0.2, 0.25) is 0 Å². The van der Waals surface area contributed by atoms with Gasteiger partial charge in [-0.05, 0) is 43.6 Å². The molecule has 0 aromatic heterocycles. The molecule has 0 bridgehead atoms. The average Bonchev–Trinajstić information content (AvgIpc) is 2.67. The number of piperidine rings is 1. The zero-order chi connectivity index (χ0) is 17.5. The predicted octanol–water partition coefficient (Wildman–Crippen LogP) is 3.18. The number of hydrogen-bond acceptors (Lipinski definition) is 5. The fraction of sp³-hybridized carbons (Fsp3) is 0.350. The van der Waals surface area contributed by atoms with Crippen molar-refractivity contribution in [3.63, 3.8) is 0 Å². The second kappa shape index (κ2) is 8.53. The Morgan fingerprint density at radius 3 is 2.60 bits per heavy atom. The van der Waals surface area contributed by atoms with Crippen LogP contribution in [0, 0.1) is 0 Å². The Hall–Kier alpha value is -2.53. The highest BCUT2D eigenvalue weighted by molar-refractivity contribution is 5.92. The standard InChI is InChI=1S/C20H23NO4/c1-23-17-7-8-18(19(13-17)25-16-9-11-21-12-10-16)20(22)24-14-15-5-3-2-4-6-15/h2-8,13,16,21H,9-12,14H2,1H3. The monoisotopic (exact) mass is 341 g/mol. The van der Waals surface area contributed by atoms with E-state index in [9.17, 15) is 4.79 Å². The van der Waals surface area contributed by atoms with Crippen LogP contribution >= 0.6 is 0 Å². The predicted molar refractivity (Wildman–Crippen MR) is 95.1 cm³/mol. The summed E-state index contributed by atoms with van der Waals surface area (Å²) in [5.74, 6) is 0.781. The minimum atomic E-state index is -0.393. The van der Waals surface area contributed by atoms with Crippen molar-refractivity contribution in [1.82, 2.24) is 5.32 Å². The minimum absolute atomic E-state index is 0.0917. The molecule has 1 aliphatic rings. The molecule has 5 heteroatoms. The SMILES string of the molecule is COc1ccc(C(=O)OCc2ccccc2)c(OC2CCNCC2)c1. The molecule has 1 N–H and O–H groups in total. The van der Waals surface area contributed by atoms with Gasteiger partial charge in [0.15, 0.2) is 0 Å². The Morgan fingerprint density at radius 1 is 1.12 bits per heavy atom. The molecule has 132 valence electrons. The summed E-state index contributed by atoms with van der Waals surface area (Å²) in [6, 6.07) is 14.8. The zero-order valence-corrected chi connectivity index (χ0v) is 14.4. The molecule has 0 unspecified atom stereocenters. The normalized spacial score (nSPS) is 14.8. The molecule has 0 radical (unpaired) electrons. The minimum Gasteiger partial charge on any atom is -0.497 e. The van der Waals surface area contributed by atoms with Gasteiger partial charge in [-0.1, -0.05) is 30.3 Å². The molecule has 0 aliphatic carbocycles. The summed E-state index contributed by atoms with van der Waals surface area (Å²) in [6.45, 7) is 2.07. The lowest BCUT2D eigenvalue weighted by atomic mass is 10.1. The third-order valence-corrected chi connectivity index (χ3v) is 4.20. The summed E-state index contributed by atoms with van der Waals surface area (Å²) < 4.78 is 16.8. The first-order chi connectivity index (χ1) is 12.3. The van der Waals surface area contributed by atoms with Crippen molar-refractivity contribution >= 4 is 5.97 Å². The van der Waals surface area contributed by atoms with Crippen LogP contribution in [-0.4, -0.2) is 32.3 Å². The lowest BCUT2D eigenvalue weighted by Crippen LogP contribution is -2.34. The van der Waals surface area contributed by atoms with Gasteiger partial charge in [0.25, 0.3) is 0 Å². The van der Waals surface area contributed by atoms with Crippen LogP contribution in [0.5, 0.6) is 11.5 Å². The molecule has 0 atom stereocenters. The van der Waals surface area contributed by atoms with Gasteiger partial charge in [-0.2, -0.15) is 0 Å². The molecule has 2 aromatic carbocycles. The summed E-state index contributed by atoms with van der Waals surface area (Å²) >= 11 is 0. The highest BCUT2D eigenvalue weighted by Gasteiger charge is 2.20. The van der Waals surface area contributed by atoms with E-state index < -0.39 is 5.97 Å². The van der Waals surface area contributed by atoms with Gasteiger partial charge in [-0.15, -0.1) is 0 Å². The van der Waals surface area contributed by atoms with E-state index in [1.807, 2.05) is 30.3 Å². The Kier molecular flexibility index (Phi) is 5.90. The number of hydrogen-bond donors (Lipinski definition) is 1. The Morgan fingerprint density at radius 2 is 1.88 bits per heavy atom. The van der Waals surface area contributed by atoms with Gasteiger partial charge in [0.05, 0.1) is 7.11 Å². The summed E-state index contributed by atoms with van der Waals surface area (Å²) in [7, 11) is 1.59. The number of rotatable bonds is 6. The molecule has 3 rings (SSSR count). The van der Waals surface area contributed by atoms with Gasteiger partial charge in [0.1, 0.15) is 29.8 Å². The van der Waals surface area contributed by atoms with Crippen LogP contribution in [0.4, 0.5) is 0 Å². The molecule has 1 saturated heterocycles. The van der Waals surface area contributed by atoms with E-state index in [1.54, 1.807) is 25.3 Å². The molecule has 0 saturated carbocycles. The molecule has 2 aromatic rings. The third-order valence-electron chi connectivity index (χ3n) is 4.20. The van der Waals surface area contributed by atoms with Crippen molar-refractivity contribution in [1.29, 1.82) is 0 Å². The highest BCUT2D eigenvalue weighted by atomic mass is 16.5. The van der Waals surface area contributed by atoms with Gasteiger partial charge in [-0.25, -0.2) is 4.79 Å². The summed E-state index contributed by atoms with van der Waals surface area (Å²) in [4.78, 5) is 12.5. The van der Waals surface area contributed by atoms with Gasteiger partial charge in [-0.3, -0.25) is 0 Å². The maximum absolute atomic E-state index is 12.5.